The van der Waals surface area contributed by atoms with Crippen LogP contribution >= 0.6 is 23.2 Å². The first kappa shape index (κ1) is 14.5. The van der Waals surface area contributed by atoms with Crippen LogP contribution in [0.15, 0.2) is 42.5 Å². The summed E-state index contributed by atoms with van der Waals surface area (Å²) in [5, 5.41) is 0.165. The molecule has 6 heteroatoms. The molecule has 0 saturated carbocycles. The van der Waals surface area contributed by atoms with Crippen molar-refractivity contribution in [2.75, 3.05) is 6.61 Å². The van der Waals surface area contributed by atoms with Crippen molar-refractivity contribution in [3.8, 4) is 0 Å². The Hall–Kier alpha value is -1.91. The Labute approximate surface area is 125 Å². The van der Waals surface area contributed by atoms with Crippen LogP contribution in [0.2, 0.25) is 10.3 Å². The molecular weight excluding hydrogens is 301 g/mol. The van der Waals surface area contributed by atoms with E-state index in [9.17, 15) is 9.59 Å². The molecule has 2 rings (SSSR count). The number of halogens is 2. The molecule has 2 aromatic rings. The third kappa shape index (κ3) is 3.79. The Morgan fingerprint density at radius 1 is 1.00 bits per heavy atom. The van der Waals surface area contributed by atoms with Crippen LogP contribution in [-0.4, -0.2) is 23.3 Å². The summed E-state index contributed by atoms with van der Waals surface area (Å²) in [5.74, 6) is -0.967. The minimum Gasteiger partial charge on any atom is -0.454 e. The molecule has 0 unspecified atom stereocenters. The Bertz CT molecular complexity index is 624. The number of ketones is 1. The van der Waals surface area contributed by atoms with E-state index in [1.165, 1.54) is 12.1 Å². The summed E-state index contributed by atoms with van der Waals surface area (Å²) in [5.41, 5.74) is 0.627. The highest BCUT2D eigenvalue weighted by Crippen LogP contribution is 2.15. The number of carbonyl (C=O) groups is 2. The van der Waals surface area contributed by atoms with E-state index in [2.05, 4.69) is 4.98 Å². The fourth-order valence-electron chi connectivity index (χ4n) is 1.50. The van der Waals surface area contributed by atoms with Crippen molar-refractivity contribution in [3.63, 3.8) is 0 Å². The Balaban J connectivity index is 2.00. The maximum atomic E-state index is 11.8. The minimum atomic E-state index is -0.680. The summed E-state index contributed by atoms with van der Waals surface area (Å²) in [4.78, 5) is 27.3. The van der Waals surface area contributed by atoms with Gasteiger partial charge < -0.3 is 4.74 Å². The summed E-state index contributed by atoms with van der Waals surface area (Å²) in [6, 6.07) is 11.2. The van der Waals surface area contributed by atoms with Gasteiger partial charge in [0.05, 0.1) is 5.56 Å². The number of pyridine rings is 1. The minimum absolute atomic E-state index is 0.0823. The monoisotopic (exact) mass is 309 g/mol. The van der Waals surface area contributed by atoms with Gasteiger partial charge in [0.25, 0.3) is 0 Å². The van der Waals surface area contributed by atoms with Gasteiger partial charge in [-0.3, -0.25) is 4.79 Å². The molecule has 0 amide bonds. The average molecular weight is 310 g/mol. The predicted molar refractivity (Wildman–Crippen MR) is 75.3 cm³/mol. The van der Waals surface area contributed by atoms with E-state index in [1.54, 1.807) is 30.3 Å². The van der Waals surface area contributed by atoms with Gasteiger partial charge in [-0.15, -0.1) is 0 Å². The summed E-state index contributed by atoms with van der Waals surface area (Å²) in [6.45, 7) is -0.347. The van der Waals surface area contributed by atoms with Crippen LogP contribution in [0, 0.1) is 0 Å². The molecule has 4 nitrogen and oxygen atoms in total. The normalized spacial score (nSPS) is 10.1. The maximum absolute atomic E-state index is 11.8. The number of benzene rings is 1. The van der Waals surface area contributed by atoms with E-state index in [-0.39, 0.29) is 28.3 Å². The van der Waals surface area contributed by atoms with Crippen molar-refractivity contribution in [2.24, 2.45) is 0 Å². The molecule has 1 aromatic carbocycles. The highest BCUT2D eigenvalue weighted by molar-refractivity contribution is 6.32. The van der Waals surface area contributed by atoms with E-state index in [0.29, 0.717) is 5.56 Å². The number of nitrogens with zero attached hydrogens (tertiary/aromatic N) is 1. The lowest BCUT2D eigenvalue weighted by atomic mass is 10.1. The van der Waals surface area contributed by atoms with Crippen molar-refractivity contribution in [1.82, 2.24) is 4.98 Å². The Kier molecular flexibility index (Phi) is 4.71. The first-order valence-corrected chi connectivity index (χ1v) is 6.40. The molecule has 1 heterocycles. The standard InChI is InChI=1S/C14H9Cl2NO3/c15-12-6-10(7-13(16)17-12)14(19)20-8-11(18)9-4-2-1-3-5-9/h1-7H,8H2. The third-order valence-corrected chi connectivity index (χ3v) is 2.82. The molecular formula is C14H9Cl2NO3. The van der Waals surface area contributed by atoms with E-state index in [1.807, 2.05) is 0 Å². The van der Waals surface area contributed by atoms with E-state index < -0.39 is 5.97 Å². The lowest BCUT2D eigenvalue weighted by Gasteiger charge is -2.05. The summed E-state index contributed by atoms with van der Waals surface area (Å²) in [7, 11) is 0. The number of ether oxygens (including phenoxy) is 1. The van der Waals surface area contributed by atoms with Crippen LogP contribution in [0.5, 0.6) is 0 Å². The van der Waals surface area contributed by atoms with Crippen LogP contribution in [0.4, 0.5) is 0 Å². The van der Waals surface area contributed by atoms with Crippen LogP contribution < -0.4 is 0 Å². The lowest BCUT2D eigenvalue weighted by Crippen LogP contribution is -2.14. The fraction of sp³-hybridized carbons (Fsp3) is 0.0714. The van der Waals surface area contributed by atoms with Crippen LogP contribution in [0.1, 0.15) is 20.7 Å². The van der Waals surface area contributed by atoms with Crippen molar-refractivity contribution in [1.29, 1.82) is 0 Å². The number of hydrogen-bond acceptors (Lipinski definition) is 4. The largest absolute Gasteiger partial charge is 0.454 e. The summed E-state index contributed by atoms with van der Waals surface area (Å²) in [6.07, 6.45) is 0. The second kappa shape index (κ2) is 6.50. The van der Waals surface area contributed by atoms with E-state index in [0.717, 1.165) is 0 Å². The van der Waals surface area contributed by atoms with Gasteiger partial charge in [-0.05, 0) is 12.1 Å². The molecule has 0 atom stereocenters. The molecule has 0 bridgehead atoms. The average Bonchev–Trinajstić information content (AvgIpc) is 2.44. The highest BCUT2D eigenvalue weighted by Gasteiger charge is 2.13. The number of Topliss-reactive ketones (excluding diaryl/α,β-unsaturated/α-hetero) is 1. The maximum Gasteiger partial charge on any atom is 0.338 e. The van der Waals surface area contributed by atoms with Crippen LogP contribution in [0.3, 0.4) is 0 Å². The topological polar surface area (TPSA) is 56.3 Å². The molecule has 1 aromatic heterocycles. The van der Waals surface area contributed by atoms with Gasteiger partial charge in [0.15, 0.2) is 12.4 Å². The van der Waals surface area contributed by atoms with Crippen molar-refractivity contribution in [2.45, 2.75) is 0 Å². The quantitative estimate of drug-likeness (QED) is 0.493. The molecule has 0 radical (unpaired) electrons. The zero-order valence-electron chi connectivity index (χ0n) is 10.2. The fourth-order valence-corrected chi connectivity index (χ4v) is 1.97. The number of esters is 1. The second-order valence-electron chi connectivity index (χ2n) is 3.87. The lowest BCUT2D eigenvalue weighted by molar-refractivity contribution is 0.0474. The molecule has 0 saturated heterocycles. The smallest absolute Gasteiger partial charge is 0.338 e. The number of aromatic nitrogens is 1. The molecule has 0 aliphatic heterocycles. The summed E-state index contributed by atoms with van der Waals surface area (Å²) >= 11 is 11.4. The second-order valence-corrected chi connectivity index (χ2v) is 4.64. The van der Waals surface area contributed by atoms with Gasteiger partial charge in [0, 0.05) is 5.56 Å². The highest BCUT2D eigenvalue weighted by atomic mass is 35.5. The number of carbonyl (C=O) groups excluding carboxylic acids is 2. The zero-order valence-corrected chi connectivity index (χ0v) is 11.7. The zero-order chi connectivity index (χ0) is 14.5. The van der Waals surface area contributed by atoms with Crippen LogP contribution in [0.25, 0.3) is 0 Å². The first-order valence-electron chi connectivity index (χ1n) is 5.65. The molecule has 102 valence electrons. The Morgan fingerprint density at radius 3 is 2.20 bits per heavy atom. The van der Waals surface area contributed by atoms with Gasteiger partial charge in [-0.2, -0.15) is 0 Å². The summed E-state index contributed by atoms with van der Waals surface area (Å²) < 4.78 is 4.92. The number of rotatable bonds is 4. The van der Waals surface area contributed by atoms with Gasteiger partial charge in [0.1, 0.15) is 10.3 Å². The van der Waals surface area contributed by atoms with Crippen molar-refractivity contribution in [3.05, 3.63) is 63.9 Å². The number of hydrogen-bond donors (Lipinski definition) is 0. The molecule has 0 aliphatic rings. The molecule has 20 heavy (non-hydrogen) atoms. The first-order chi connectivity index (χ1) is 9.56. The van der Waals surface area contributed by atoms with E-state index in [4.69, 9.17) is 27.9 Å². The van der Waals surface area contributed by atoms with Gasteiger partial charge in [-0.1, -0.05) is 53.5 Å². The van der Waals surface area contributed by atoms with Gasteiger partial charge in [-0.25, -0.2) is 9.78 Å². The molecule has 0 N–H and O–H groups in total. The Morgan fingerprint density at radius 2 is 1.60 bits per heavy atom. The molecule has 0 spiro atoms. The van der Waals surface area contributed by atoms with Crippen molar-refractivity contribution >= 4 is 35.0 Å². The third-order valence-electron chi connectivity index (χ3n) is 2.43. The molecule has 0 fully saturated rings. The molecule has 0 aliphatic carbocycles. The van der Waals surface area contributed by atoms with Gasteiger partial charge in [0.2, 0.25) is 0 Å². The van der Waals surface area contributed by atoms with E-state index >= 15 is 0 Å². The van der Waals surface area contributed by atoms with Crippen LogP contribution in [-0.2, 0) is 4.74 Å². The van der Waals surface area contributed by atoms with Gasteiger partial charge >= 0.3 is 5.97 Å². The van der Waals surface area contributed by atoms with Crippen molar-refractivity contribution < 1.29 is 14.3 Å². The SMILES string of the molecule is O=C(COC(=O)c1cc(Cl)nc(Cl)c1)c1ccccc1. The predicted octanol–water partition coefficient (Wildman–Crippen LogP) is 3.43.